The molecule has 4 aliphatic carbocycles. The van der Waals surface area contributed by atoms with Gasteiger partial charge in [-0.1, -0.05) is 25.5 Å². The van der Waals surface area contributed by atoms with E-state index in [1.807, 2.05) is 0 Å². The second kappa shape index (κ2) is 4.30. The zero-order valence-corrected chi connectivity index (χ0v) is 13.3. The minimum Gasteiger partial charge on any atom is -0.300 e. The van der Waals surface area contributed by atoms with Crippen molar-refractivity contribution in [2.45, 2.75) is 65.2 Å². The Bertz CT molecular complexity index is 546. The highest BCUT2D eigenvalue weighted by atomic mass is 16.1. The van der Waals surface area contributed by atoms with Crippen LogP contribution in [-0.2, 0) is 9.59 Å². The van der Waals surface area contributed by atoms with Gasteiger partial charge in [-0.2, -0.15) is 0 Å². The molecular formula is C19H26O2. The fourth-order valence-electron chi connectivity index (χ4n) is 6.10. The summed E-state index contributed by atoms with van der Waals surface area (Å²) < 4.78 is 0. The Morgan fingerprint density at radius 2 is 1.86 bits per heavy atom. The molecule has 0 N–H and O–H groups in total. The Labute approximate surface area is 127 Å². The van der Waals surface area contributed by atoms with E-state index >= 15 is 0 Å². The number of ketones is 2. The van der Waals surface area contributed by atoms with E-state index in [0.29, 0.717) is 29.3 Å². The van der Waals surface area contributed by atoms with Crippen molar-refractivity contribution in [1.82, 2.24) is 0 Å². The molecule has 5 atom stereocenters. The minimum atomic E-state index is -0.0815. The van der Waals surface area contributed by atoms with Gasteiger partial charge in [0.1, 0.15) is 11.6 Å². The van der Waals surface area contributed by atoms with Crippen molar-refractivity contribution in [3.8, 4) is 0 Å². The molecule has 0 aromatic carbocycles. The van der Waals surface area contributed by atoms with Crippen molar-refractivity contribution in [2.24, 2.45) is 28.6 Å². The lowest BCUT2D eigenvalue weighted by atomic mass is 9.49. The van der Waals surface area contributed by atoms with Crippen molar-refractivity contribution in [2.75, 3.05) is 0 Å². The number of rotatable bonds is 0. The number of fused-ring (bicyclic) bond motifs is 5. The number of Topliss-reactive ketones (excluding diaryl/α,β-unsaturated/α-hetero) is 2. The van der Waals surface area contributed by atoms with Gasteiger partial charge in [-0.25, -0.2) is 0 Å². The molecule has 0 unspecified atom stereocenters. The second-order valence-electron chi connectivity index (χ2n) is 8.39. The smallest absolute Gasteiger partial charge is 0.139 e. The molecule has 2 nitrogen and oxygen atoms in total. The molecule has 0 bridgehead atoms. The summed E-state index contributed by atoms with van der Waals surface area (Å²) in [7, 11) is 0. The molecule has 4 rings (SSSR count). The van der Waals surface area contributed by atoms with Gasteiger partial charge in [0.25, 0.3) is 0 Å². The molecule has 0 saturated heterocycles. The number of carbonyl (C=O) groups excluding carboxylic acids is 2. The third kappa shape index (κ3) is 1.71. The average Bonchev–Trinajstić information content (AvgIpc) is 2.76. The molecule has 0 radical (unpaired) electrons. The van der Waals surface area contributed by atoms with Crippen LogP contribution >= 0.6 is 0 Å². The van der Waals surface area contributed by atoms with Gasteiger partial charge in [0, 0.05) is 24.7 Å². The van der Waals surface area contributed by atoms with E-state index < -0.39 is 0 Å². The topological polar surface area (TPSA) is 34.1 Å². The molecule has 0 aromatic heterocycles. The van der Waals surface area contributed by atoms with Gasteiger partial charge < -0.3 is 0 Å². The van der Waals surface area contributed by atoms with E-state index in [4.69, 9.17) is 0 Å². The average molecular weight is 286 g/mol. The lowest BCUT2D eigenvalue weighted by molar-refractivity contribution is -0.128. The van der Waals surface area contributed by atoms with Gasteiger partial charge in [0.05, 0.1) is 0 Å². The Morgan fingerprint density at radius 3 is 2.67 bits per heavy atom. The molecule has 21 heavy (non-hydrogen) atoms. The Balaban J connectivity index is 1.72. The summed E-state index contributed by atoms with van der Waals surface area (Å²) >= 11 is 0. The van der Waals surface area contributed by atoms with Gasteiger partial charge >= 0.3 is 0 Å². The Hall–Kier alpha value is -0.920. The highest BCUT2D eigenvalue weighted by molar-refractivity contribution is 5.87. The first-order valence-corrected chi connectivity index (χ1v) is 8.71. The van der Waals surface area contributed by atoms with Crippen LogP contribution in [0.5, 0.6) is 0 Å². The molecule has 0 amide bonds. The third-order valence-corrected chi connectivity index (χ3v) is 7.55. The van der Waals surface area contributed by atoms with Crippen molar-refractivity contribution in [3.63, 3.8) is 0 Å². The number of hydrogen-bond acceptors (Lipinski definition) is 2. The summed E-state index contributed by atoms with van der Waals surface area (Å²) in [6.45, 7) is 4.61. The maximum absolute atomic E-state index is 12.3. The summed E-state index contributed by atoms with van der Waals surface area (Å²) in [5.41, 5.74) is 1.79. The maximum atomic E-state index is 12.3. The van der Waals surface area contributed by atoms with Crippen LogP contribution < -0.4 is 0 Å². The van der Waals surface area contributed by atoms with E-state index in [2.05, 4.69) is 19.9 Å². The zero-order valence-electron chi connectivity index (χ0n) is 13.3. The lowest BCUT2D eigenvalue weighted by Crippen LogP contribution is -2.48. The largest absolute Gasteiger partial charge is 0.300 e. The molecule has 2 heteroatoms. The Kier molecular flexibility index (Phi) is 2.81. The summed E-state index contributed by atoms with van der Waals surface area (Å²) in [4.78, 5) is 24.2. The van der Waals surface area contributed by atoms with Crippen LogP contribution in [0.25, 0.3) is 0 Å². The first kappa shape index (κ1) is 13.7. The SMILES string of the molecule is C[C@]12CCC(=O)C[C@@H]1CC[C@@H]1C2=CC[C@]2(C)C(=O)CC[C@@H]12. The third-order valence-electron chi connectivity index (χ3n) is 7.55. The summed E-state index contributed by atoms with van der Waals surface area (Å²) in [6.07, 6.45) is 10.2. The Morgan fingerprint density at radius 1 is 1.05 bits per heavy atom. The highest BCUT2D eigenvalue weighted by Gasteiger charge is 2.56. The number of carbonyl (C=O) groups is 2. The van der Waals surface area contributed by atoms with E-state index in [1.54, 1.807) is 5.57 Å². The van der Waals surface area contributed by atoms with Crippen molar-refractivity contribution < 1.29 is 9.59 Å². The molecule has 114 valence electrons. The molecule has 0 spiro atoms. The molecule has 4 aliphatic rings. The van der Waals surface area contributed by atoms with Crippen molar-refractivity contribution in [1.29, 1.82) is 0 Å². The molecule has 3 fully saturated rings. The molecule has 0 aliphatic heterocycles. The summed E-state index contributed by atoms with van der Waals surface area (Å²) in [5.74, 6) is 2.70. The normalized spacial score (nSPS) is 49.2. The maximum Gasteiger partial charge on any atom is 0.139 e. The van der Waals surface area contributed by atoms with Crippen LogP contribution in [0.3, 0.4) is 0 Å². The number of allylic oxidation sites excluding steroid dienone is 2. The second-order valence-corrected chi connectivity index (χ2v) is 8.39. The van der Waals surface area contributed by atoms with E-state index in [0.717, 1.165) is 38.5 Å². The van der Waals surface area contributed by atoms with Crippen LogP contribution in [0, 0.1) is 28.6 Å². The van der Waals surface area contributed by atoms with Crippen LogP contribution in [0.4, 0.5) is 0 Å². The monoisotopic (exact) mass is 286 g/mol. The van der Waals surface area contributed by atoms with Gasteiger partial charge in [-0.05, 0) is 55.3 Å². The van der Waals surface area contributed by atoms with Crippen LogP contribution in [-0.4, -0.2) is 11.6 Å². The fraction of sp³-hybridized carbons (Fsp3) is 0.789. The standard InChI is InChI=1S/C19H26O2/c1-18-9-7-13(20)11-12(18)3-4-14-15-5-6-17(21)19(15,2)10-8-16(14)18/h8,12,14-15H,3-7,9-11H2,1-2H3/t12-,14-,15-,18-,19-/m0/s1. The first-order chi connectivity index (χ1) is 9.95. The first-order valence-electron chi connectivity index (χ1n) is 8.71. The fourth-order valence-corrected chi connectivity index (χ4v) is 6.10. The molecule has 3 saturated carbocycles. The summed E-state index contributed by atoms with van der Waals surface area (Å²) in [6, 6.07) is 0. The molecule has 0 aromatic rings. The van der Waals surface area contributed by atoms with Gasteiger partial charge in [-0.3, -0.25) is 9.59 Å². The van der Waals surface area contributed by atoms with Crippen LogP contribution in [0.1, 0.15) is 65.2 Å². The predicted molar refractivity (Wildman–Crippen MR) is 81.7 cm³/mol. The highest BCUT2D eigenvalue weighted by Crippen LogP contribution is 2.62. The lowest BCUT2D eigenvalue weighted by Gasteiger charge is -2.54. The van der Waals surface area contributed by atoms with Crippen molar-refractivity contribution in [3.05, 3.63) is 11.6 Å². The molecular weight excluding hydrogens is 260 g/mol. The zero-order chi connectivity index (χ0) is 14.8. The minimum absolute atomic E-state index is 0.0815. The van der Waals surface area contributed by atoms with Crippen LogP contribution in [0.15, 0.2) is 11.6 Å². The quantitative estimate of drug-likeness (QED) is 0.629. The predicted octanol–water partition coefficient (Wildman–Crippen LogP) is 4.09. The van der Waals surface area contributed by atoms with Crippen LogP contribution in [0.2, 0.25) is 0 Å². The van der Waals surface area contributed by atoms with E-state index in [1.165, 1.54) is 12.8 Å². The van der Waals surface area contributed by atoms with E-state index in [9.17, 15) is 9.59 Å². The van der Waals surface area contributed by atoms with Gasteiger partial charge in [-0.15, -0.1) is 0 Å². The van der Waals surface area contributed by atoms with E-state index in [-0.39, 0.29) is 10.8 Å². The number of hydrogen-bond donors (Lipinski definition) is 0. The summed E-state index contributed by atoms with van der Waals surface area (Å²) in [5, 5.41) is 0. The van der Waals surface area contributed by atoms with Gasteiger partial charge in [0.2, 0.25) is 0 Å². The molecule has 0 heterocycles. The van der Waals surface area contributed by atoms with Gasteiger partial charge in [0.15, 0.2) is 0 Å². The van der Waals surface area contributed by atoms with Crippen molar-refractivity contribution >= 4 is 11.6 Å².